The minimum absolute atomic E-state index is 0.164. The number of hydrogen-bond donors (Lipinski definition) is 1. The van der Waals surface area contributed by atoms with Crippen LogP contribution in [0, 0.1) is 5.92 Å². The summed E-state index contributed by atoms with van der Waals surface area (Å²) in [5.41, 5.74) is 0.275. The molecule has 0 spiro atoms. The van der Waals surface area contributed by atoms with Crippen LogP contribution < -0.4 is 5.32 Å². The Morgan fingerprint density at radius 3 is 2.89 bits per heavy atom. The molecule has 1 saturated heterocycles. The minimum atomic E-state index is -2.83. The van der Waals surface area contributed by atoms with E-state index in [0.717, 1.165) is 0 Å². The van der Waals surface area contributed by atoms with Crippen molar-refractivity contribution in [3.63, 3.8) is 0 Å². The average Bonchev–Trinajstić information content (AvgIpc) is 2.70. The van der Waals surface area contributed by atoms with Crippen molar-refractivity contribution in [2.75, 3.05) is 18.1 Å². The summed E-state index contributed by atoms with van der Waals surface area (Å²) in [6, 6.07) is 0. The molecule has 0 aliphatic carbocycles. The summed E-state index contributed by atoms with van der Waals surface area (Å²) in [5.74, 6) is 0.408. The van der Waals surface area contributed by atoms with E-state index in [4.69, 9.17) is 0 Å². The Balaban J connectivity index is 1.75. The van der Waals surface area contributed by atoms with Gasteiger partial charge in [-0.05, 0) is 18.8 Å². The number of rotatable bonds is 4. The third-order valence-electron chi connectivity index (χ3n) is 2.96. The molecule has 6 nitrogen and oxygen atoms in total. The molecule has 1 N–H and O–H groups in total. The van der Waals surface area contributed by atoms with E-state index in [2.05, 4.69) is 15.3 Å². The van der Waals surface area contributed by atoms with Gasteiger partial charge in [0.25, 0.3) is 5.91 Å². The van der Waals surface area contributed by atoms with Crippen LogP contribution in [0.2, 0.25) is 0 Å². The van der Waals surface area contributed by atoms with E-state index in [1.807, 2.05) is 0 Å². The molecule has 1 aromatic heterocycles. The van der Waals surface area contributed by atoms with Gasteiger partial charge in [-0.15, -0.1) is 0 Å². The molecule has 1 aliphatic heterocycles. The fraction of sp³-hybridized carbons (Fsp3) is 0.545. The van der Waals surface area contributed by atoms with Gasteiger partial charge in [-0.25, -0.2) is 13.4 Å². The zero-order valence-electron chi connectivity index (χ0n) is 9.87. The van der Waals surface area contributed by atoms with Crippen molar-refractivity contribution in [1.29, 1.82) is 0 Å². The maximum Gasteiger partial charge on any atom is 0.271 e. The van der Waals surface area contributed by atoms with Gasteiger partial charge in [-0.3, -0.25) is 9.78 Å². The highest BCUT2D eigenvalue weighted by Gasteiger charge is 2.27. The second-order valence-corrected chi connectivity index (χ2v) is 6.63. The Labute approximate surface area is 106 Å². The van der Waals surface area contributed by atoms with Crippen LogP contribution in [0.5, 0.6) is 0 Å². The molecule has 1 fully saturated rings. The van der Waals surface area contributed by atoms with Crippen molar-refractivity contribution < 1.29 is 13.2 Å². The molecule has 0 saturated carbocycles. The first-order chi connectivity index (χ1) is 8.57. The van der Waals surface area contributed by atoms with E-state index in [9.17, 15) is 13.2 Å². The van der Waals surface area contributed by atoms with E-state index in [1.54, 1.807) is 0 Å². The van der Waals surface area contributed by atoms with E-state index >= 15 is 0 Å². The zero-order valence-corrected chi connectivity index (χ0v) is 10.7. The van der Waals surface area contributed by atoms with Crippen molar-refractivity contribution in [3.8, 4) is 0 Å². The van der Waals surface area contributed by atoms with Gasteiger partial charge < -0.3 is 5.32 Å². The number of sulfone groups is 1. The fourth-order valence-corrected chi connectivity index (χ4v) is 3.91. The predicted molar refractivity (Wildman–Crippen MR) is 65.7 cm³/mol. The van der Waals surface area contributed by atoms with E-state index in [-0.39, 0.29) is 29.0 Å². The molecule has 0 bridgehead atoms. The standard InChI is InChI=1S/C11H15N3O3S/c15-11(10-7-12-4-5-13-10)14-3-1-9-2-6-18(16,17)8-9/h4-5,7,9H,1-3,6,8H2,(H,14,15). The molecule has 1 unspecified atom stereocenters. The Morgan fingerprint density at radius 1 is 1.44 bits per heavy atom. The summed E-state index contributed by atoms with van der Waals surface area (Å²) in [5, 5.41) is 2.72. The Bertz CT molecular complexity index is 516. The molecule has 7 heteroatoms. The maximum atomic E-state index is 11.6. The molecule has 1 atom stereocenters. The molecule has 1 amide bonds. The first-order valence-corrected chi connectivity index (χ1v) is 7.63. The molecular weight excluding hydrogens is 254 g/mol. The average molecular weight is 269 g/mol. The first kappa shape index (κ1) is 12.9. The highest BCUT2D eigenvalue weighted by atomic mass is 32.2. The number of carbonyl (C=O) groups is 1. The lowest BCUT2D eigenvalue weighted by Crippen LogP contribution is -2.27. The van der Waals surface area contributed by atoms with Crippen molar-refractivity contribution in [2.45, 2.75) is 12.8 Å². The molecule has 1 aliphatic rings. The van der Waals surface area contributed by atoms with Crippen LogP contribution in [0.15, 0.2) is 18.6 Å². The highest BCUT2D eigenvalue weighted by molar-refractivity contribution is 7.91. The molecule has 2 rings (SSSR count). The van der Waals surface area contributed by atoms with Gasteiger partial charge in [0.2, 0.25) is 0 Å². The number of nitrogens with one attached hydrogen (secondary N) is 1. The molecule has 2 heterocycles. The van der Waals surface area contributed by atoms with Crippen LogP contribution in [0.1, 0.15) is 23.3 Å². The van der Waals surface area contributed by atoms with E-state index in [0.29, 0.717) is 19.4 Å². The van der Waals surface area contributed by atoms with E-state index < -0.39 is 9.84 Å². The largest absolute Gasteiger partial charge is 0.351 e. The van der Waals surface area contributed by atoms with Crippen LogP contribution in [-0.4, -0.2) is 42.3 Å². The van der Waals surface area contributed by atoms with Crippen molar-refractivity contribution in [1.82, 2.24) is 15.3 Å². The van der Waals surface area contributed by atoms with Gasteiger partial charge >= 0.3 is 0 Å². The minimum Gasteiger partial charge on any atom is -0.351 e. The van der Waals surface area contributed by atoms with E-state index in [1.165, 1.54) is 18.6 Å². The number of carbonyl (C=O) groups excluding carboxylic acids is 1. The predicted octanol–water partition coefficient (Wildman–Crippen LogP) is 0.0312. The van der Waals surface area contributed by atoms with Gasteiger partial charge in [0.1, 0.15) is 5.69 Å². The third-order valence-corrected chi connectivity index (χ3v) is 4.80. The maximum absolute atomic E-state index is 11.6. The Morgan fingerprint density at radius 2 is 2.28 bits per heavy atom. The van der Waals surface area contributed by atoms with Crippen LogP contribution >= 0.6 is 0 Å². The lowest BCUT2D eigenvalue weighted by molar-refractivity contribution is 0.0946. The molecule has 0 aromatic carbocycles. The molecule has 0 radical (unpaired) electrons. The van der Waals surface area contributed by atoms with Gasteiger partial charge in [0, 0.05) is 18.9 Å². The number of nitrogens with zero attached hydrogens (tertiary/aromatic N) is 2. The van der Waals surface area contributed by atoms with Gasteiger partial charge in [0.15, 0.2) is 9.84 Å². The number of amides is 1. The SMILES string of the molecule is O=C(NCCC1CCS(=O)(=O)C1)c1cnccn1. The Hall–Kier alpha value is -1.50. The summed E-state index contributed by atoms with van der Waals surface area (Å²) in [4.78, 5) is 19.3. The summed E-state index contributed by atoms with van der Waals surface area (Å²) >= 11 is 0. The zero-order chi connectivity index (χ0) is 13.0. The highest BCUT2D eigenvalue weighted by Crippen LogP contribution is 2.20. The monoisotopic (exact) mass is 269 g/mol. The smallest absolute Gasteiger partial charge is 0.271 e. The molecule has 18 heavy (non-hydrogen) atoms. The number of hydrogen-bond acceptors (Lipinski definition) is 5. The van der Waals surface area contributed by atoms with Crippen molar-refractivity contribution in [2.24, 2.45) is 5.92 Å². The molecule has 98 valence electrons. The summed E-state index contributed by atoms with van der Waals surface area (Å²) in [7, 11) is -2.83. The summed E-state index contributed by atoms with van der Waals surface area (Å²) in [6.07, 6.45) is 5.74. The van der Waals surface area contributed by atoms with Gasteiger partial charge in [-0.2, -0.15) is 0 Å². The fourth-order valence-electron chi connectivity index (χ4n) is 2.00. The van der Waals surface area contributed by atoms with Crippen LogP contribution in [0.4, 0.5) is 0 Å². The van der Waals surface area contributed by atoms with Crippen molar-refractivity contribution in [3.05, 3.63) is 24.3 Å². The topological polar surface area (TPSA) is 89.0 Å². The lowest BCUT2D eigenvalue weighted by atomic mass is 10.1. The van der Waals surface area contributed by atoms with Crippen LogP contribution in [-0.2, 0) is 9.84 Å². The van der Waals surface area contributed by atoms with Crippen LogP contribution in [0.25, 0.3) is 0 Å². The van der Waals surface area contributed by atoms with Crippen molar-refractivity contribution >= 4 is 15.7 Å². The summed E-state index contributed by atoms with van der Waals surface area (Å²) in [6.45, 7) is 0.468. The molecular formula is C11H15N3O3S. The normalized spacial score (nSPS) is 21.7. The van der Waals surface area contributed by atoms with Gasteiger partial charge in [0.05, 0.1) is 17.7 Å². The molecule has 1 aromatic rings. The quantitative estimate of drug-likeness (QED) is 0.833. The summed E-state index contributed by atoms with van der Waals surface area (Å²) < 4.78 is 22.5. The van der Waals surface area contributed by atoms with Gasteiger partial charge in [-0.1, -0.05) is 0 Å². The first-order valence-electron chi connectivity index (χ1n) is 5.81. The third kappa shape index (κ3) is 3.49. The lowest BCUT2D eigenvalue weighted by Gasteiger charge is -2.08. The number of aromatic nitrogens is 2. The second-order valence-electron chi connectivity index (χ2n) is 4.40. The second kappa shape index (κ2) is 5.43. The Kier molecular flexibility index (Phi) is 3.90. The van der Waals surface area contributed by atoms with Crippen LogP contribution in [0.3, 0.4) is 0 Å².